The molecule has 0 bridgehead atoms. The minimum atomic E-state index is -0.351. The van der Waals surface area contributed by atoms with Crippen LogP contribution in [0.1, 0.15) is 25.3 Å². The number of anilines is 1. The van der Waals surface area contributed by atoms with Crippen LogP contribution in [0.2, 0.25) is 0 Å². The molecule has 1 aliphatic rings. The number of aryl methyl sites for hydroxylation is 1. The van der Waals surface area contributed by atoms with Crippen LogP contribution in [-0.4, -0.2) is 49.6 Å². The number of hydrogen-bond donors (Lipinski definition) is 3. The van der Waals surface area contributed by atoms with Crippen LogP contribution in [-0.2, 0) is 4.79 Å². The molecular weight excluding hydrogens is 304 g/mol. The summed E-state index contributed by atoms with van der Waals surface area (Å²) in [7, 11) is 0. The number of urea groups is 1. The van der Waals surface area contributed by atoms with Gasteiger partial charge in [-0.05, 0) is 56.5 Å². The average Bonchev–Trinajstić information content (AvgIpc) is 2.58. The molecule has 6 heteroatoms. The molecule has 0 aromatic heterocycles. The van der Waals surface area contributed by atoms with E-state index in [1.165, 1.54) is 0 Å². The lowest BCUT2D eigenvalue weighted by Gasteiger charge is -2.32. The topological polar surface area (TPSA) is 73.5 Å². The molecular formula is C18H28N4O2. The fourth-order valence-electron chi connectivity index (χ4n) is 2.90. The molecule has 2 rings (SSSR count). The van der Waals surface area contributed by atoms with E-state index in [4.69, 9.17) is 0 Å². The maximum atomic E-state index is 12.2. The molecule has 1 aromatic rings. The van der Waals surface area contributed by atoms with Gasteiger partial charge in [-0.3, -0.25) is 4.79 Å². The third kappa shape index (κ3) is 5.85. The second-order valence-corrected chi connectivity index (χ2v) is 6.31. The van der Waals surface area contributed by atoms with Crippen LogP contribution in [0.3, 0.4) is 0 Å². The number of benzene rings is 1. The molecule has 1 fully saturated rings. The van der Waals surface area contributed by atoms with Gasteiger partial charge in [-0.1, -0.05) is 19.1 Å². The molecule has 6 nitrogen and oxygen atoms in total. The number of piperidine rings is 1. The number of nitrogens with zero attached hydrogens (tertiary/aromatic N) is 1. The van der Waals surface area contributed by atoms with E-state index in [2.05, 4.69) is 22.9 Å². The smallest absolute Gasteiger partial charge is 0.319 e. The molecule has 1 aromatic carbocycles. The molecule has 1 saturated heterocycles. The Morgan fingerprint density at radius 1 is 1.25 bits per heavy atom. The van der Waals surface area contributed by atoms with Crippen molar-refractivity contribution in [3.63, 3.8) is 0 Å². The number of amides is 3. The molecule has 3 amide bonds. The number of carbonyl (C=O) groups excluding carboxylic acids is 2. The van der Waals surface area contributed by atoms with Crippen molar-refractivity contribution in [1.29, 1.82) is 0 Å². The Balaban J connectivity index is 1.68. The second-order valence-electron chi connectivity index (χ2n) is 6.31. The summed E-state index contributed by atoms with van der Waals surface area (Å²) in [6.07, 6.45) is 2.04. The molecule has 0 unspecified atom stereocenters. The van der Waals surface area contributed by atoms with Gasteiger partial charge in [0.2, 0.25) is 5.91 Å². The van der Waals surface area contributed by atoms with Crippen molar-refractivity contribution in [2.24, 2.45) is 5.92 Å². The van der Waals surface area contributed by atoms with E-state index >= 15 is 0 Å². The fraction of sp³-hybridized carbons (Fsp3) is 0.556. The van der Waals surface area contributed by atoms with Crippen LogP contribution >= 0.6 is 0 Å². The zero-order valence-corrected chi connectivity index (χ0v) is 14.6. The van der Waals surface area contributed by atoms with E-state index in [1.807, 2.05) is 36.1 Å². The zero-order chi connectivity index (χ0) is 17.4. The van der Waals surface area contributed by atoms with Gasteiger partial charge in [0, 0.05) is 18.8 Å². The van der Waals surface area contributed by atoms with E-state index < -0.39 is 0 Å². The van der Waals surface area contributed by atoms with Crippen molar-refractivity contribution in [3.05, 3.63) is 29.8 Å². The Morgan fingerprint density at radius 3 is 2.67 bits per heavy atom. The fourth-order valence-corrected chi connectivity index (χ4v) is 2.90. The van der Waals surface area contributed by atoms with Crippen molar-refractivity contribution in [3.8, 4) is 0 Å². The number of likely N-dealkylation sites (tertiary alicyclic amines) is 1. The highest BCUT2D eigenvalue weighted by molar-refractivity contribution is 5.92. The Kier molecular flexibility index (Phi) is 7.06. The standard InChI is InChI=1S/C18H28N4O2/c1-3-19-12-15-7-9-22(10-8-15)17(23)13-20-18(24)21-16-6-4-5-14(2)11-16/h4-6,11,15,19H,3,7-10,12-13H2,1-2H3,(H2,20,21,24). The Bertz CT molecular complexity index is 554. The van der Waals surface area contributed by atoms with Crippen LogP contribution in [0.15, 0.2) is 24.3 Å². The summed E-state index contributed by atoms with van der Waals surface area (Å²) in [5.74, 6) is 0.628. The van der Waals surface area contributed by atoms with Crippen LogP contribution in [0.25, 0.3) is 0 Å². The van der Waals surface area contributed by atoms with Crippen molar-refractivity contribution in [2.75, 3.05) is 38.0 Å². The molecule has 0 spiro atoms. The lowest BCUT2D eigenvalue weighted by Crippen LogP contribution is -2.45. The van der Waals surface area contributed by atoms with E-state index in [1.54, 1.807) is 0 Å². The first-order valence-corrected chi connectivity index (χ1v) is 8.68. The van der Waals surface area contributed by atoms with Gasteiger partial charge in [-0.25, -0.2) is 4.79 Å². The van der Waals surface area contributed by atoms with Crippen LogP contribution < -0.4 is 16.0 Å². The zero-order valence-electron chi connectivity index (χ0n) is 14.6. The highest BCUT2D eigenvalue weighted by Gasteiger charge is 2.22. The van der Waals surface area contributed by atoms with Gasteiger partial charge in [0.15, 0.2) is 0 Å². The van der Waals surface area contributed by atoms with Gasteiger partial charge in [0.05, 0.1) is 6.54 Å². The molecule has 24 heavy (non-hydrogen) atoms. The Hall–Kier alpha value is -2.08. The summed E-state index contributed by atoms with van der Waals surface area (Å²) >= 11 is 0. The highest BCUT2D eigenvalue weighted by atomic mass is 16.2. The van der Waals surface area contributed by atoms with E-state index in [0.29, 0.717) is 5.92 Å². The van der Waals surface area contributed by atoms with Gasteiger partial charge in [0.25, 0.3) is 0 Å². The lowest BCUT2D eigenvalue weighted by atomic mass is 9.97. The monoisotopic (exact) mass is 332 g/mol. The molecule has 0 radical (unpaired) electrons. The molecule has 1 heterocycles. The normalized spacial score (nSPS) is 15.2. The number of nitrogens with one attached hydrogen (secondary N) is 3. The summed E-state index contributed by atoms with van der Waals surface area (Å²) in [4.78, 5) is 25.9. The Morgan fingerprint density at radius 2 is 2.00 bits per heavy atom. The summed E-state index contributed by atoms with van der Waals surface area (Å²) in [5, 5.41) is 8.74. The Labute approximate surface area is 144 Å². The molecule has 3 N–H and O–H groups in total. The molecule has 132 valence electrons. The van der Waals surface area contributed by atoms with Crippen molar-refractivity contribution in [1.82, 2.24) is 15.5 Å². The third-order valence-corrected chi connectivity index (χ3v) is 4.33. The van der Waals surface area contributed by atoms with Gasteiger partial charge in [-0.2, -0.15) is 0 Å². The SMILES string of the molecule is CCNCC1CCN(C(=O)CNC(=O)Nc2cccc(C)c2)CC1. The van der Waals surface area contributed by atoms with Crippen LogP contribution in [0.5, 0.6) is 0 Å². The average molecular weight is 332 g/mol. The molecule has 1 aliphatic heterocycles. The van der Waals surface area contributed by atoms with E-state index in [-0.39, 0.29) is 18.5 Å². The molecule has 0 atom stereocenters. The third-order valence-electron chi connectivity index (χ3n) is 4.33. The molecule has 0 aliphatic carbocycles. The summed E-state index contributed by atoms with van der Waals surface area (Å²) in [6, 6.07) is 7.20. The van der Waals surface area contributed by atoms with Gasteiger partial charge < -0.3 is 20.9 Å². The minimum Gasteiger partial charge on any atom is -0.341 e. The van der Waals surface area contributed by atoms with E-state index in [0.717, 1.165) is 50.3 Å². The highest BCUT2D eigenvalue weighted by Crippen LogP contribution is 2.16. The van der Waals surface area contributed by atoms with Crippen molar-refractivity contribution in [2.45, 2.75) is 26.7 Å². The van der Waals surface area contributed by atoms with Gasteiger partial charge in [0.1, 0.15) is 0 Å². The lowest BCUT2D eigenvalue weighted by molar-refractivity contribution is -0.131. The minimum absolute atomic E-state index is 0.0173. The van der Waals surface area contributed by atoms with Crippen molar-refractivity contribution >= 4 is 17.6 Å². The number of rotatable bonds is 6. The summed E-state index contributed by atoms with van der Waals surface area (Å²) in [5.41, 5.74) is 1.80. The van der Waals surface area contributed by atoms with Crippen LogP contribution in [0, 0.1) is 12.8 Å². The second kappa shape index (κ2) is 9.27. The number of carbonyl (C=O) groups is 2. The quantitative estimate of drug-likeness (QED) is 0.746. The predicted octanol–water partition coefficient (Wildman–Crippen LogP) is 1.96. The first-order chi connectivity index (χ1) is 11.6. The van der Waals surface area contributed by atoms with Crippen molar-refractivity contribution < 1.29 is 9.59 Å². The molecule has 0 saturated carbocycles. The summed E-state index contributed by atoms with van der Waals surface area (Å²) in [6.45, 7) is 7.66. The predicted molar refractivity (Wildman–Crippen MR) is 96.0 cm³/mol. The summed E-state index contributed by atoms with van der Waals surface area (Å²) < 4.78 is 0. The largest absolute Gasteiger partial charge is 0.341 e. The first kappa shape index (κ1) is 18.3. The van der Waals surface area contributed by atoms with E-state index in [9.17, 15) is 9.59 Å². The van der Waals surface area contributed by atoms with Gasteiger partial charge in [-0.15, -0.1) is 0 Å². The maximum absolute atomic E-state index is 12.2. The maximum Gasteiger partial charge on any atom is 0.319 e. The first-order valence-electron chi connectivity index (χ1n) is 8.68. The van der Waals surface area contributed by atoms with Crippen LogP contribution in [0.4, 0.5) is 10.5 Å². The number of hydrogen-bond acceptors (Lipinski definition) is 3. The van der Waals surface area contributed by atoms with Gasteiger partial charge >= 0.3 is 6.03 Å².